The van der Waals surface area contributed by atoms with E-state index in [1.165, 1.54) is 4.88 Å². The van der Waals surface area contributed by atoms with E-state index in [0.29, 0.717) is 23.4 Å². The minimum absolute atomic E-state index is 0.399. The van der Waals surface area contributed by atoms with Gasteiger partial charge in [0.2, 0.25) is 0 Å². The summed E-state index contributed by atoms with van der Waals surface area (Å²) in [6.45, 7) is 4.10. The van der Waals surface area contributed by atoms with Gasteiger partial charge in [0.25, 0.3) is 5.91 Å². The summed E-state index contributed by atoms with van der Waals surface area (Å²) in [5.41, 5.74) is 3.13. The Balaban J connectivity index is 1.61. The molecule has 6 nitrogen and oxygen atoms in total. The van der Waals surface area contributed by atoms with E-state index in [0.717, 1.165) is 11.4 Å². The summed E-state index contributed by atoms with van der Waals surface area (Å²) >= 11 is 1.66. The SMILES string of the molecule is Cc1cc(C(=O)OCC(=O)Nc2cccc(C#N)c2)c(C)n1Cc1cccs1. The van der Waals surface area contributed by atoms with Crippen molar-refractivity contribution >= 4 is 28.9 Å². The fraction of sp³-hybridized carbons (Fsp3) is 0.190. The van der Waals surface area contributed by atoms with Gasteiger partial charge in [-0.3, -0.25) is 4.79 Å². The van der Waals surface area contributed by atoms with Crippen molar-refractivity contribution in [2.45, 2.75) is 20.4 Å². The maximum atomic E-state index is 12.4. The number of benzene rings is 1. The number of amides is 1. The van der Waals surface area contributed by atoms with Gasteiger partial charge in [0.15, 0.2) is 6.61 Å². The lowest BCUT2D eigenvalue weighted by Crippen LogP contribution is -2.21. The van der Waals surface area contributed by atoms with Gasteiger partial charge < -0.3 is 14.6 Å². The van der Waals surface area contributed by atoms with Crippen molar-refractivity contribution in [1.82, 2.24) is 4.57 Å². The van der Waals surface area contributed by atoms with E-state index in [4.69, 9.17) is 10.00 Å². The Bertz CT molecular complexity index is 1050. The Hall–Kier alpha value is -3.37. The maximum Gasteiger partial charge on any atom is 0.340 e. The number of nitrogens with one attached hydrogen (secondary N) is 1. The number of hydrogen-bond acceptors (Lipinski definition) is 5. The van der Waals surface area contributed by atoms with E-state index in [2.05, 4.69) is 9.88 Å². The molecule has 1 amide bonds. The molecule has 28 heavy (non-hydrogen) atoms. The molecule has 3 rings (SSSR count). The number of nitriles is 1. The number of esters is 1. The molecule has 0 saturated heterocycles. The van der Waals surface area contributed by atoms with Crippen LogP contribution in [0.2, 0.25) is 0 Å². The van der Waals surface area contributed by atoms with Crippen molar-refractivity contribution in [2.75, 3.05) is 11.9 Å². The molecule has 0 atom stereocenters. The van der Waals surface area contributed by atoms with Crippen LogP contribution in [-0.4, -0.2) is 23.1 Å². The number of carbonyl (C=O) groups is 2. The standard InChI is InChI=1S/C21H19N3O3S/c1-14-9-19(15(2)24(14)12-18-7-4-8-28-18)21(26)27-13-20(25)23-17-6-3-5-16(10-17)11-22/h3-10H,12-13H2,1-2H3,(H,23,25). The van der Waals surface area contributed by atoms with E-state index in [1.807, 2.05) is 37.4 Å². The van der Waals surface area contributed by atoms with Crippen molar-refractivity contribution in [2.24, 2.45) is 0 Å². The minimum atomic E-state index is -0.536. The van der Waals surface area contributed by atoms with Crippen LogP contribution in [0.4, 0.5) is 5.69 Å². The number of anilines is 1. The minimum Gasteiger partial charge on any atom is -0.452 e. The van der Waals surface area contributed by atoms with E-state index in [-0.39, 0.29) is 0 Å². The molecule has 3 aromatic rings. The molecule has 0 spiro atoms. The Labute approximate surface area is 167 Å². The zero-order chi connectivity index (χ0) is 20.1. The first-order chi connectivity index (χ1) is 13.5. The van der Waals surface area contributed by atoms with Gasteiger partial charge in [-0.2, -0.15) is 5.26 Å². The normalized spacial score (nSPS) is 10.3. The van der Waals surface area contributed by atoms with Crippen molar-refractivity contribution in [3.05, 3.63) is 75.2 Å². The van der Waals surface area contributed by atoms with E-state index in [9.17, 15) is 9.59 Å². The second-order valence-corrected chi connectivity index (χ2v) is 7.30. The van der Waals surface area contributed by atoms with Crippen LogP contribution in [0.3, 0.4) is 0 Å². The predicted molar refractivity (Wildman–Crippen MR) is 107 cm³/mol. The van der Waals surface area contributed by atoms with Crippen molar-refractivity contribution in [1.29, 1.82) is 5.26 Å². The summed E-state index contributed by atoms with van der Waals surface area (Å²) in [6, 6.07) is 14.4. The van der Waals surface area contributed by atoms with Gasteiger partial charge in [0.1, 0.15) is 0 Å². The Morgan fingerprint density at radius 2 is 2.04 bits per heavy atom. The lowest BCUT2D eigenvalue weighted by molar-refractivity contribution is -0.119. The number of carbonyl (C=O) groups excluding carboxylic acids is 2. The lowest BCUT2D eigenvalue weighted by Gasteiger charge is -2.09. The Morgan fingerprint density at radius 1 is 1.21 bits per heavy atom. The van der Waals surface area contributed by atoms with Crippen LogP contribution in [0.1, 0.15) is 32.2 Å². The first kappa shape index (κ1) is 19.4. The molecule has 0 aliphatic rings. The molecule has 1 N–H and O–H groups in total. The number of aryl methyl sites for hydroxylation is 1. The number of ether oxygens (including phenoxy) is 1. The fourth-order valence-corrected chi connectivity index (χ4v) is 3.57. The van der Waals surface area contributed by atoms with Gasteiger partial charge in [-0.15, -0.1) is 11.3 Å². The highest BCUT2D eigenvalue weighted by atomic mass is 32.1. The van der Waals surface area contributed by atoms with Gasteiger partial charge >= 0.3 is 5.97 Å². The van der Waals surface area contributed by atoms with Crippen LogP contribution >= 0.6 is 11.3 Å². The Morgan fingerprint density at radius 3 is 2.75 bits per heavy atom. The van der Waals surface area contributed by atoms with Crippen LogP contribution in [-0.2, 0) is 16.1 Å². The average molecular weight is 393 g/mol. The van der Waals surface area contributed by atoms with Gasteiger partial charge in [-0.25, -0.2) is 4.79 Å². The van der Waals surface area contributed by atoms with Gasteiger partial charge in [-0.05, 0) is 49.6 Å². The van der Waals surface area contributed by atoms with E-state index < -0.39 is 18.5 Å². The van der Waals surface area contributed by atoms with Crippen LogP contribution < -0.4 is 5.32 Å². The Kier molecular flexibility index (Phi) is 5.92. The number of nitrogens with zero attached hydrogens (tertiary/aromatic N) is 2. The summed E-state index contributed by atoms with van der Waals surface area (Å²) in [7, 11) is 0. The molecule has 0 saturated carbocycles. The summed E-state index contributed by atoms with van der Waals surface area (Å²) in [4.78, 5) is 25.7. The molecule has 0 aliphatic carbocycles. The zero-order valence-electron chi connectivity index (χ0n) is 15.6. The number of aromatic nitrogens is 1. The molecule has 0 bridgehead atoms. The number of thiophene rings is 1. The van der Waals surface area contributed by atoms with Crippen LogP contribution in [0.5, 0.6) is 0 Å². The average Bonchev–Trinajstić information content (AvgIpc) is 3.30. The molecule has 0 radical (unpaired) electrons. The second-order valence-electron chi connectivity index (χ2n) is 6.27. The third kappa shape index (κ3) is 4.48. The quantitative estimate of drug-likeness (QED) is 0.644. The highest BCUT2D eigenvalue weighted by Crippen LogP contribution is 2.20. The summed E-state index contributed by atoms with van der Waals surface area (Å²) in [5.74, 6) is -0.998. The topological polar surface area (TPSA) is 84.1 Å². The molecule has 7 heteroatoms. The molecule has 2 aromatic heterocycles. The first-order valence-corrected chi connectivity index (χ1v) is 9.52. The fourth-order valence-electron chi connectivity index (χ4n) is 2.88. The second kappa shape index (κ2) is 8.55. The van der Waals surface area contributed by atoms with Crippen molar-refractivity contribution in [3.63, 3.8) is 0 Å². The van der Waals surface area contributed by atoms with Crippen molar-refractivity contribution in [3.8, 4) is 6.07 Å². The van der Waals surface area contributed by atoms with Gasteiger partial charge in [0.05, 0.1) is 23.7 Å². The lowest BCUT2D eigenvalue weighted by atomic mass is 10.2. The van der Waals surface area contributed by atoms with Crippen LogP contribution in [0.15, 0.2) is 47.8 Å². The molecule has 0 aliphatic heterocycles. The zero-order valence-corrected chi connectivity index (χ0v) is 16.4. The largest absolute Gasteiger partial charge is 0.452 e. The summed E-state index contributed by atoms with van der Waals surface area (Å²) in [6.07, 6.45) is 0. The highest BCUT2D eigenvalue weighted by Gasteiger charge is 2.18. The first-order valence-electron chi connectivity index (χ1n) is 8.64. The molecule has 142 valence electrons. The molecule has 1 aromatic carbocycles. The molecule has 0 unspecified atom stereocenters. The third-order valence-electron chi connectivity index (χ3n) is 4.30. The van der Waals surface area contributed by atoms with E-state index >= 15 is 0 Å². The van der Waals surface area contributed by atoms with Crippen LogP contribution in [0, 0.1) is 25.2 Å². The van der Waals surface area contributed by atoms with Crippen molar-refractivity contribution < 1.29 is 14.3 Å². The number of rotatable bonds is 6. The molecular formula is C21H19N3O3S. The maximum absolute atomic E-state index is 12.4. The van der Waals surface area contributed by atoms with Gasteiger partial charge in [0, 0.05) is 22.0 Å². The third-order valence-corrected chi connectivity index (χ3v) is 5.16. The summed E-state index contributed by atoms with van der Waals surface area (Å²) in [5, 5.41) is 13.5. The highest BCUT2D eigenvalue weighted by molar-refractivity contribution is 7.09. The molecule has 2 heterocycles. The molecular weight excluding hydrogens is 374 g/mol. The number of hydrogen-bond donors (Lipinski definition) is 1. The summed E-state index contributed by atoms with van der Waals surface area (Å²) < 4.78 is 7.23. The predicted octanol–water partition coefficient (Wildman–Crippen LogP) is 3.88. The molecule has 0 fully saturated rings. The van der Waals surface area contributed by atoms with E-state index in [1.54, 1.807) is 41.7 Å². The van der Waals surface area contributed by atoms with Crippen LogP contribution in [0.25, 0.3) is 0 Å². The smallest absolute Gasteiger partial charge is 0.340 e. The monoisotopic (exact) mass is 393 g/mol. The van der Waals surface area contributed by atoms with Gasteiger partial charge in [-0.1, -0.05) is 12.1 Å².